The van der Waals surface area contributed by atoms with E-state index in [1.54, 1.807) is 6.26 Å². The van der Waals surface area contributed by atoms with Gasteiger partial charge in [-0.05, 0) is 32.5 Å². The van der Waals surface area contributed by atoms with E-state index in [0.717, 1.165) is 77.0 Å². The lowest BCUT2D eigenvalue weighted by Crippen LogP contribution is -2.52. The van der Waals surface area contributed by atoms with Gasteiger partial charge in [-0.3, -0.25) is 9.89 Å². The van der Waals surface area contributed by atoms with Crippen LogP contribution in [0.25, 0.3) is 0 Å². The van der Waals surface area contributed by atoms with Gasteiger partial charge in [-0.2, -0.15) is 0 Å². The third-order valence-corrected chi connectivity index (χ3v) is 5.14. The maximum atomic E-state index is 4.93. The summed E-state index contributed by atoms with van der Waals surface area (Å²) in [5.41, 5.74) is 2.36. The maximum Gasteiger partial charge on any atom is 0.194 e. The molecule has 1 fully saturated rings. The number of guanidine groups is 1. The van der Waals surface area contributed by atoms with Crippen molar-refractivity contribution in [2.75, 3.05) is 52.9 Å². The van der Waals surface area contributed by atoms with E-state index in [2.05, 4.69) is 69.5 Å². The van der Waals surface area contributed by atoms with E-state index in [-0.39, 0.29) is 0 Å². The molecule has 7 heteroatoms. The standard InChI is InChI=1S/C22H34N6O/c1-3-23-22(24-11-7-12-26(2)18-20-8-5-4-6-9-20)28-15-13-27(14-16-28)19-21-10-17-29-25-21/h4-6,8-10,17H,3,7,11-16,18-19H2,1-2H3,(H,23,24). The fraction of sp³-hybridized carbons (Fsp3) is 0.545. The summed E-state index contributed by atoms with van der Waals surface area (Å²) in [4.78, 5) is 12.0. The van der Waals surface area contributed by atoms with E-state index < -0.39 is 0 Å². The van der Waals surface area contributed by atoms with Crippen molar-refractivity contribution in [1.82, 2.24) is 25.2 Å². The molecule has 2 heterocycles. The van der Waals surface area contributed by atoms with Gasteiger partial charge in [0.05, 0.1) is 5.69 Å². The Balaban J connectivity index is 1.40. The summed E-state index contributed by atoms with van der Waals surface area (Å²) in [6.07, 6.45) is 2.70. The monoisotopic (exact) mass is 398 g/mol. The molecule has 1 aliphatic rings. The van der Waals surface area contributed by atoms with E-state index in [9.17, 15) is 0 Å². The van der Waals surface area contributed by atoms with Gasteiger partial charge in [-0.15, -0.1) is 0 Å². The fourth-order valence-electron chi connectivity index (χ4n) is 3.59. The number of nitrogens with zero attached hydrogens (tertiary/aromatic N) is 5. The summed E-state index contributed by atoms with van der Waals surface area (Å²) in [7, 11) is 2.18. The number of rotatable bonds is 9. The highest BCUT2D eigenvalue weighted by molar-refractivity contribution is 5.80. The zero-order valence-electron chi connectivity index (χ0n) is 17.8. The summed E-state index contributed by atoms with van der Waals surface area (Å²) in [5.74, 6) is 1.04. The zero-order valence-corrected chi connectivity index (χ0v) is 17.8. The van der Waals surface area contributed by atoms with Crippen molar-refractivity contribution in [2.24, 2.45) is 4.99 Å². The minimum absolute atomic E-state index is 0.848. The van der Waals surface area contributed by atoms with Crippen molar-refractivity contribution in [3.63, 3.8) is 0 Å². The normalized spacial score (nSPS) is 15.8. The van der Waals surface area contributed by atoms with Crippen LogP contribution in [0.1, 0.15) is 24.6 Å². The summed E-state index contributed by atoms with van der Waals surface area (Å²) >= 11 is 0. The van der Waals surface area contributed by atoms with Crippen molar-refractivity contribution in [3.8, 4) is 0 Å². The molecule has 0 unspecified atom stereocenters. The van der Waals surface area contributed by atoms with E-state index in [1.165, 1.54) is 5.56 Å². The molecular formula is C22H34N6O. The van der Waals surface area contributed by atoms with Crippen molar-refractivity contribution < 1.29 is 4.52 Å². The number of aliphatic imine (C=N–C) groups is 1. The molecule has 158 valence electrons. The number of piperazine rings is 1. The summed E-state index contributed by atoms with van der Waals surface area (Å²) in [6, 6.07) is 12.6. The minimum atomic E-state index is 0.848. The highest BCUT2D eigenvalue weighted by atomic mass is 16.5. The third-order valence-electron chi connectivity index (χ3n) is 5.14. The van der Waals surface area contributed by atoms with Crippen LogP contribution in [0, 0.1) is 0 Å². The van der Waals surface area contributed by atoms with Crippen LogP contribution < -0.4 is 5.32 Å². The molecule has 0 atom stereocenters. The second kappa shape index (κ2) is 11.6. The predicted molar refractivity (Wildman–Crippen MR) is 117 cm³/mol. The molecule has 1 aromatic carbocycles. The first kappa shape index (κ1) is 21.3. The van der Waals surface area contributed by atoms with Gasteiger partial charge < -0.3 is 19.6 Å². The largest absolute Gasteiger partial charge is 0.364 e. The molecule has 1 aliphatic heterocycles. The number of nitrogens with one attached hydrogen (secondary N) is 1. The lowest BCUT2D eigenvalue weighted by Gasteiger charge is -2.36. The van der Waals surface area contributed by atoms with Gasteiger partial charge in [0.25, 0.3) is 0 Å². The fourth-order valence-corrected chi connectivity index (χ4v) is 3.59. The molecule has 1 saturated heterocycles. The highest BCUT2D eigenvalue weighted by Gasteiger charge is 2.20. The average molecular weight is 399 g/mol. The summed E-state index contributed by atoms with van der Waals surface area (Å²) in [6.45, 7) is 10.7. The molecule has 3 rings (SSSR count). The summed E-state index contributed by atoms with van der Waals surface area (Å²) in [5, 5.41) is 7.47. The van der Waals surface area contributed by atoms with Crippen molar-refractivity contribution in [1.29, 1.82) is 0 Å². The SMILES string of the molecule is CCNC(=NCCCN(C)Cc1ccccc1)N1CCN(Cc2ccon2)CC1. The van der Waals surface area contributed by atoms with Crippen molar-refractivity contribution in [2.45, 2.75) is 26.4 Å². The minimum Gasteiger partial charge on any atom is -0.364 e. The molecule has 2 aromatic rings. The lowest BCUT2D eigenvalue weighted by molar-refractivity contribution is 0.169. The van der Waals surface area contributed by atoms with Crippen LogP contribution in [0.5, 0.6) is 0 Å². The van der Waals surface area contributed by atoms with Crippen LogP contribution >= 0.6 is 0 Å². The Morgan fingerprint density at radius 2 is 1.97 bits per heavy atom. The van der Waals surface area contributed by atoms with Gasteiger partial charge in [0.15, 0.2) is 5.96 Å². The molecule has 0 radical (unpaired) electrons. The maximum absolute atomic E-state index is 4.93. The summed E-state index contributed by atoms with van der Waals surface area (Å²) < 4.78 is 4.93. The number of aromatic nitrogens is 1. The van der Waals surface area contributed by atoms with Gasteiger partial charge >= 0.3 is 0 Å². The van der Waals surface area contributed by atoms with Gasteiger partial charge in [-0.25, -0.2) is 0 Å². The van der Waals surface area contributed by atoms with Crippen LogP contribution in [0.3, 0.4) is 0 Å². The van der Waals surface area contributed by atoms with E-state index in [0.29, 0.717) is 0 Å². The molecule has 0 amide bonds. The van der Waals surface area contributed by atoms with Crippen LogP contribution in [-0.4, -0.2) is 78.7 Å². The van der Waals surface area contributed by atoms with Crippen LogP contribution in [0.15, 0.2) is 52.2 Å². The molecular weight excluding hydrogens is 364 g/mol. The number of benzene rings is 1. The molecule has 0 aliphatic carbocycles. The molecule has 0 saturated carbocycles. The van der Waals surface area contributed by atoms with E-state index >= 15 is 0 Å². The smallest absolute Gasteiger partial charge is 0.194 e. The predicted octanol–water partition coefficient (Wildman–Crippen LogP) is 2.28. The Kier molecular flexibility index (Phi) is 8.52. The molecule has 0 spiro atoms. The van der Waals surface area contributed by atoms with Crippen molar-refractivity contribution >= 4 is 5.96 Å². The Labute approximate surface area is 174 Å². The molecule has 1 N–H and O–H groups in total. The number of hydrogen-bond donors (Lipinski definition) is 1. The van der Waals surface area contributed by atoms with Crippen LogP contribution in [-0.2, 0) is 13.1 Å². The van der Waals surface area contributed by atoms with Crippen LogP contribution in [0.4, 0.5) is 0 Å². The topological polar surface area (TPSA) is 60.1 Å². The van der Waals surface area contributed by atoms with E-state index in [1.807, 2.05) is 6.07 Å². The molecule has 29 heavy (non-hydrogen) atoms. The second-order valence-electron chi connectivity index (χ2n) is 7.57. The first-order chi connectivity index (χ1) is 14.2. The Morgan fingerprint density at radius 1 is 1.17 bits per heavy atom. The average Bonchev–Trinajstić information content (AvgIpc) is 3.25. The highest BCUT2D eigenvalue weighted by Crippen LogP contribution is 2.08. The van der Waals surface area contributed by atoms with Crippen LogP contribution in [0.2, 0.25) is 0 Å². The molecule has 7 nitrogen and oxygen atoms in total. The quantitative estimate of drug-likeness (QED) is 0.397. The van der Waals surface area contributed by atoms with Gasteiger partial charge in [0.2, 0.25) is 0 Å². The zero-order chi connectivity index (χ0) is 20.3. The van der Waals surface area contributed by atoms with E-state index in [4.69, 9.17) is 9.52 Å². The van der Waals surface area contributed by atoms with Gasteiger partial charge in [-0.1, -0.05) is 35.5 Å². The van der Waals surface area contributed by atoms with Gasteiger partial charge in [0.1, 0.15) is 6.26 Å². The lowest BCUT2D eigenvalue weighted by atomic mass is 10.2. The molecule has 0 bridgehead atoms. The Hall–Kier alpha value is -2.38. The van der Waals surface area contributed by atoms with Gasteiger partial charge in [0, 0.05) is 58.4 Å². The second-order valence-corrected chi connectivity index (χ2v) is 7.57. The first-order valence-corrected chi connectivity index (χ1v) is 10.6. The first-order valence-electron chi connectivity index (χ1n) is 10.6. The Morgan fingerprint density at radius 3 is 2.66 bits per heavy atom. The third kappa shape index (κ3) is 7.18. The van der Waals surface area contributed by atoms with Crippen molar-refractivity contribution in [3.05, 3.63) is 53.9 Å². The molecule has 1 aromatic heterocycles. The Bertz CT molecular complexity index is 710. The number of hydrogen-bond acceptors (Lipinski definition) is 5.